The third-order valence-corrected chi connectivity index (χ3v) is 4.39. The van der Waals surface area contributed by atoms with Crippen LogP contribution in [0.25, 0.3) is 0 Å². The van der Waals surface area contributed by atoms with E-state index in [9.17, 15) is 14.5 Å². The number of aliphatic hydroxyl groups is 1. The number of ether oxygens (including phenoxy) is 1. The molecule has 0 amide bonds. The SMILES string of the molecule is CC/C=C/C/C=C\C/C=C/CCCCCCCC(=O)OCC(O)COP(=O)(O)O. The van der Waals surface area contributed by atoms with Crippen LogP contribution in [0.3, 0.4) is 0 Å². The molecular weight excluding hydrogens is 395 g/mol. The van der Waals surface area contributed by atoms with E-state index < -0.39 is 26.5 Å². The molecule has 1 unspecified atom stereocenters. The maximum Gasteiger partial charge on any atom is 0.469 e. The molecule has 168 valence electrons. The molecule has 0 rings (SSSR count). The van der Waals surface area contributed by atoms with Gasteiger partial charge in [0.15, 0.2) is 0 Å². The van der Waals surface area contributed by atoms with Crippen molar-refractivity contribution in [2.75, 3.05) is 13.2 Å². The minimum Gasteiger partial charge on any atom is -0.463 e. The van der Waals surface area contributed by atoms with E-state index in [1.165, 1.54) is 0 Å². The molecule has 0 aliphatic carbocycles. The fourth-order valence-electron chi connectivity index (χ4n) is 2.38. The molecule has 0 fully saturated rings. The van der Waals surface area contributed by atoms with Crippen LogP contribution in [0.5, 0.6) is 0 Å². The van der Waals surface area contributed by atoms with Crippen molar-refractivity contribution in [3.8, 4) is 0 Å². The van der Waals surface area contributed by atoms with Gasteiger partial charge in [0.05, 0.1) is 6.61 Å². The molecule has 1 atom stereocenters. The van der Waals surface area contributed by atoms with E-state index in [1.54, 1.807) is 0 Å². The highest BCUT2D eigenvalue weighted by molar-refractivity contribution is 7.46. The molecule has 29 heavy (non-hydrogen) atoms. The molecule has 0 aliphatic heterocycles. The molecule has 0 radical (unpaired) electrons. The Morgan fingerprint density at radius 3 is 2.14 bits per heavy atom. The Morgan fingerprint density at radius 2 is 1.48 bits per heavy atom. The molecule has 0 aromatic rings. The van der Waals surface area contributed by atoms with Crippen LogP contribution in [0.15, 0.2) is 36.5 Å². The van der Waals surface area contributed by atoms with Crippen LogP contribution in [0, 0.1) is 0 Å². The fourth-order valence-corrected chi connectivity index (χ4v) is 2.75. The van der Waals surface area contributed by atoms with E-state index in [2.05, 4.69) is 47.9 Å². The molecule has 0 aromatic carbocycles. The minimum absolute atomic E-state index is 0.270. The third-order valence-electron chi connectivity index (χ3n) is 3.90. The Kier molecular flexibility index (Phi) is 18.0. The van der Waals surface area contributed by atoms with Gasteiger partial charge >= 0.3 is 13.8 Å². The molecule has 0 aliphatic rings. The van der Waals surface area contributed by atoms with E-state index in [1.807, 2.05) is 0 Å². The zero-order valence-electron chi connectivity index (χ0n) is 17.4. The Labute approximate surface area is 174 Å². The summed E-state index contributed by atoms with van der Waals surface area (Å²) < 4.78 is 19.5. The van der Waals surface area contributed by atoms with Gasteiger partial charge in [-0.1, -0.05) is 62.6 Å². The molecular formula is C21H37O7P. The highest BCUT2D eigenvalue weighted by Crippen LogP contribution is 2.35. The normalized spacial score (nSPS) is 13.7. The van der Waals surface area contributed by atoms with Gasteiger partial charge in [-0.25, -0.2) is 4.57 Å². The van der Waals surface area contributed by atoms with Gasteiger partial charge in [0.1, 0.15) is 12.7 Å². The number of carbonyl (C=O) groups is 1. The first-order valence-corrected chi connectivity index (χ1v) is 11.9. The molecule has 8 heteroatoms. The van der Waals surface area contributed by atoms with Crippen LogP contribution in [-0.4, -0.2) is 40.2 Å². The van der Waals surface area contributed by atoms with Gasteiger partial charge in [-0.05, 0) is 38.5 Å². The van der Waals surface area contributed by atoms with E-state index in [0.29, 0.717) is 0 Å². The van der Waals surface area contributed by atoms with Crippen LogP contribution in [0.1, 0.15) is 71.1 Å². The number of aliphatic hydroxyl groups excluding tert-OH is 1. The topological polar surface area (TPSA) is 113 Å². The maximum absolute atomic E-state index is 11.5. The van der Waals surface area contributed by atoms with Crippen LogP contribution >= 0.6 is 7.82 Å². The standard InChI is InChI=1S/C21H37O7P/c1-2-3-4-5-6-7-8-9-10-11-12-13-14-15-16-17-21(23)27-18-20(22)19-28-29(24,25)26/h3-4,6-7,9-10,20,22H,2,5,8,11-19H2,1H3,(H2,24,25,26)/b4-3+,7-6-,10-9+. The van der Waals surface area contributed by atoms with E-state index >= 15 is 0 Å². The van der Waals surface area contributed by atoms with Crippen molar-refractivity contribution in [2.45, 2.75) is 77.2 Å². The number of unbranched alkanes of at least 4 members (excludes halogenated alkanes) is 5. The number of phosphoric ester groups is 1. The summed E-state index contributed by atoms with van der Waals surface area (Å²) in [4.78, 5) is 28.6. The van der Waals surface area contributed by atoms with Gasteiger partial charge < -0.3 is 19.6 Å². The Bertz CT molecular complexity index is 537. The largest absolute Gasteiger partial charge is 0.469 e. The number of hydrogen-bond acceptors (Lipinski definition) is 5. The number of allylic oxidation sites excluding steroid dienone is 6. The molecule has 0 bridgehead atoms. The lowest BCUT2D eigenvalue weighted by atomic mass is 10.1. The summed E-state index contributed by atoms with van der Waals surface area (Å²) >= 11 is 0. The highest BCUT2D eigenvalue weighted by atomic mass is 31.2. The van der Waals surface area contributed by atoms with Gasteiger partial charge in [-0.15, -0.1) is 0 Å². The predicted octanol–water partition coefficient (Wildman–Crippen LogP) is 4.59. The number of esters is 1. The molecule has 0 aromatic heterocycles. The average molecular weight is 432 g/mol. The molecule has 0 saturated carbocycles. The van der Waals surface area contributed by atoms with Crippen LogP contribution < -0.4 is 0 Å². The lowest BCUT2D eigenvalue weighted by molar-refractivity contribution is -0.147. The second kappa shape index (κ2) is 18.8. The minimum atomic E-state index is -4.62. The molecule has 7 nitrogen and oxygen atoms in total. The molecule has 0 heterocycles. The van der Waals surface area contributed by atoms with Crippen molar-refractivity contribution in [2.24, 2.45) is 0 Å². The average Bonchev–Trinajstić information content (AvgIpc) is 2.67. The summed E-state index contributed by atoms with van der Waals surface area (Å²) in [6.45, 7) is 1.21. The van der Waals surface area contributed by atoms with Crippen molar-refractivity contribution < 1.29 is 33.5 Å². The molecule has 0 saturated heterocycles. The maximum atomic E-state index is 11.5. The van der Waals surface area contributed by atoms with E-state index in [-0.39, 0.29) is 13.0 Å². The Balaban J connectivity index is 3.47. The number of hydrogen-bond donors (Lipinski definition) is 3. The molecule has 0 spiro atoms. The number of rotatable bonds is 18. The van der Waals surface area contributed by atoms with Gasteiger partial charge in [-0.2, -0.15) is 0 Å². The monoisotopic (exact) mass is 432 g/mol. The van der Waals surface area contributed by atoms with Crippen molar-refractivity contribution in [1.82, 2.24) is 0 Å². The first-order valence-electron chi connectivity index (χ1n) is 10.3. The number of carbonyl (C=O) groups excluding carboxylic acids is 1. The summed E-state index contributed by atoms with van der Waals surface area (Å²) in [5, 5.41) is 9.41. The highest BCUT2D eigenvalue weighted by Gasteiger charge is 2.17. The Hall–Kier alpha value is -1.24. The van der Waals surface area contributed by atoms with Crippen LogP contribution in [-0.2, 0) is 18.6 Å². The zero-order valence-corrected chi connectivity index (χ0v) is 18.3. The van der Waals surface area contributed by atoms with Gasteiger partial charge in [-0.3, -0.25) is 9.32 Å². The van der Waals surface area contributed by atoms with Gasteiger partial charge in [0, 0.05) is 6.42 Å². The first kappa shape index (κ1) is 27.8. The number of phosphoric acid groups is 1. The summed E-state index contributed by atoms with van der Waals surface area (Å²) in [6, 6.07) is 0. The second-order valence-electron chi connectivity index (χ2n) is 6.72. The van der Waals surface area contributed by atoms with E-state index in [0.717, 1.165) is 57.8 Å². The lowest BCUT2D eigenvalue weighted by Gasteiger charge is -2.12. The van der Waals surface area contributed by atoms with Crippen molar-refractivity contribution in [3.05, 3.63) is 36.5 Å². The quantitative estimate of drug-likeness (QED) is 0.126. The lowest BCUT2D eigenvalue weighted by Crippen LogP contribution is -2.23. The van der Waals surface area contributed by atoms with Crippen LogP contribution in [0.2, 0.25) is 0 Å². The fraction of sp³-hybridized carbons (Fsp3) is 0.667. The van der Waals surface area contributed by atoms with Crippen molar-refractivity contribution in [3.63, 3.8) is 0 Å². The first-order chi connectivity index (χ1) is 13.8. The van der Waals surface area contributed by atoms with Gasteiger partial charge in [0.25, 0.3) is 0 Å². The van der Waals surface area contributed by atoms with Crippen molar-refractivity contribution >= 4 is 13.8 Å². The van der Waals surface area contributed by atoms with Crippen molar-refractivity contribution in [1.29, 1.82) is 0 Å². The summed E-state index contributed by atoms with van der Waals surface area (Å²) in [6.07, 6.45) is 21.2. The molecule has 3 N–H and O–H groups in total. The summed E-state index contributed by atoms with van der Waals surface area (Å²) in [5.41, 5.74) is 0. The summed E-state index contributed by atoms with van der Waals surface area (Å²) in [7, 11) is -4.62. The Morgan fingerprint density at radius 1 is 0.897 bits per heavy atom. The smallest absolute Gasteiger partial charge is 0.463 e. The predicted molar refractivity (Wildman–Crippen MR) is 114 cm³/mol. The third kappa shape index (κ3) is 22.9. The van der Waals surface area contributed by atoms with Crippen LogP contribution in [0.4, 0.5) is 0 Å². The summed E-state index contributed by atoms with van der Waals surface area (Å²) in [5.74, 6) is -0.429. The second-order valence-corrected chi connectivity index (χ2v) is 7.96. The van der Waals surface area contributed by atoms with E-state index in [4.69, 9.17) is 14.5 Å². The van der Waals surface area contributed by atoms with Gasteiger partial charge in [0.2, 0.25) is 0 Å². The zero-order chi connectivity index (χ0) is 21.8.